The molecule has 0 N–H and O–H groups in total. The van der Waals surface area contributed by atoms with Crippen LogP contribution in [0.15, 0.2) is 29.2 Å². The SMILES string of the molecule is CCCCC12CC(SSc3ccc(C(=O)Cl)cc3)(C1)C2. The van der Waals surface area contributed by atoms with Crippen LogP contribution in [0, 0.1) is 5.41 Å². The van der Waals surface area contributed by atoms with Crippen molar-refractivity contribution in [1.82, 2.24) is 0 Å². The van der Waals surface area contributed by atoms with Gasteiger partial charge in [-0.2, -0.15) is 0 Å². The number of hydrogen-bond acceptors (Lipinski definition) is 3. The predicted octanol–water partition coefficient (Wildman–Crippen LogP) is 5.92. The molecule has 0 unspecified atom stereocenters. The minimum atomic E-state index is -0.383. The lowest BCUT2D eigenvalue weighted by molar-refractivity contribution is -0.0816. The molecular weight excluding hydrogens is 308 g/mol. The van der Waals surface area contributed by atoms with Gasteiger partial charge in [-0.15, -0.1) is 0 Å². The van der Waals surface area contributed by atoms with Crippen molar-refractivity contribution in [3.63, 3.8) is 0 Å². The molecule has 0 saturated heterocycles. The van der Waals surface area contributed by atoms with Crippen LogP contribution in [-0.4, -0.2) is 9.99 Å². The number of unbranched alkanes of at least 4 members (excludes halogenated alkanes) is 1. The standard InChI is InChI=1S/C16H19ClOS2/c1-2-3-8-15-9-16(10-15,11-15)20-19-13-6-4-12(5-7-13)14(17)18/h4-7H,2-3,8-11H2,1H3. The molecule has 2 bridgehead atoms. The van der Waals surface area contributed by atoms with E-state index < -0.39 is 0 Å². The molecule has 0 spiro atoms. The first-order valence-corrected chi connectivity index (χ1v) is 9.75. The number of halogens is 1. The van der Waals surface area contributed by atoms with Crippen LogP contribution in [0.5, 0.6) is 0 Å². The molecule has 4 rings (SSSR count). The molecule has 3 fully saturated rings. The minimum Gasteiger partial charge on any atom is -0.276 e. The van der Waals surface area contributed by atoms with Gasteiger partial charge in [0.1, 0.15) is 0 Å². The second-order valence-electron chi connectivity index (χ2n) is 6.28. The van der Waals surface area contributed by atoms with Crippen molar-refractivity contribution >= 4 is 38.4 Å². The lowest BCUT2D eigenvalue weighted by atomic mass is 9.42. The predicted molar refractivity (Wildman–Crippen MR) is 88.6 cm³/mol. The summed E-state index contributed by atoms with van der Waals surface area (Å²) in [6, 6.07) is 7.60. The molecular formula is C16H19ClOS2. The Hall–Kier alpha value is -0.120. The van der Waals surface area contributed by atoms with Gasteiger partial charge in [-0.3, -0.25) is 4.79 Å². The number of hydrogen-bond donors (Lipinski definition) is 0. The molecule has 4 heteroatoms. The van der Waals surface area contributed by atoms with Crippen molar-refractivity contribution in [1.29, 1.82) is 0 Å². The fraction of sp³-hybridized carbons (Fsp3) is 0.562. The van der Waals surface area contributed by atoms with Crippen LogP contribution in [-0.2, 0) is 0 Å². The van der Waals surface area contributed by atoms with Gasteiger partial charge in [0.25, 0.3) is 5.24 Å². The zero-order chi connectivity index (χ0) is 14.2. The van der Waals surface area contributed by atoms with Gasteiger partial charge >= 0.3 is 0 Å². The van der Waals surface area contributed by atoms with Crippen LogP contribution in [0.1, 0.15) is 55.8 Å². The van der Waals surface area contributed by atoms with Crippen molar-refractivity contribution in [2.75, 3.05) is 0 Å². The third-order valence-corrected chi connectivity index (χ3v) is 7.99. The van der Waals surface area contributed by atoms with E-state index in [1.54, 1.807) is 0 Å². The summed E-state index contributed by atoms with van der Waals surface area (Å²) >= 11 is 5.45. The van der Waals surface area contributed by atoms with Gasteiger partial charge in [0.15, 0.2) is 0 Å². The average Bonchev–Trinajstić information content (AvgIpc) is 2.36. The maximum atomic E-state index is 11.0. The molecule has 1 aromatic carbocycles. The quantitative estimate of drug-likeness (QED) is 0.457. The van der Waals surface area contributed by atoms with E-state index in [0.29, 0.717) is 10.3 Å². The Morgan fingerprint density at radius 3 is 2.45 bits per heavy atom. The highest BCUT2D eigenvalue weighted by atomic mass is 35.5. The molecule has 20 heavy (non-hydrogen) atoms. The number of carbonyl (C=O) groups excluding carboxylic acids is 1. The minimum absolute atomic E-state index is 0.383. The molecule has 0 atom stereocenters. The van der Waals surface area contributed by atoms with Gasteiger partial charge in [0, 0.05) is 15.2 Å². The van der Waals surface area contributed by atoms with Crippen molar-refractivity contribution in [2.45, 2.75) is 55.1 Å². The number of carbonyl (C=O) groups is 1. The smallest absolute Gasteiger partial charge is 0.252 e. The first kappa shape index (κ1) is 14.8. The van der Waals surface area contributed by atoms with Crippen LogP contribution in [0.2, 0.25) is 0 Å². The zero-order valence-electron chi connectivity index (χ0n) is 11.7. The fourth-order valence-electron chi connectivity index (χ4n) is 3.58. The van der Waals surface area contributed by atoms with E-state index in [1.807, 2.05) is 45.9 Å². The van der Waals surface area contributed by atoms with Crippen LogP contribution in [0.3, 0.4) is 0 Å². The van der Waals surface area contributed by atoms with E-state index in [4.69, 9.17) is 11.6 Å². The van der Waals surface area contributed by atoms with Crippen LogP contribution in [0.4, 0.5) is 0 Å². The normalized spacial score (nSPS) is 30.5. The van der Waals surface area contributed by atoms with Crippen molar-refractivity contribution in [2.24, 2.45) is 5.41 Å². The van der Waals surface area contributed by atoms with Crippen molar-refractivity contribution in [3.8, 4) is 0 Å². The highest BCUT2D eigenvalue weighted by Gasteiger charge is 2.67. The van der Waals surface area contributed by atoms with E-state index in [9.17, 15) is 4.79 Å². The molecule has 1 nitrogen and oxygen atoms in total. The summed E-state index contributed by atoms with van der Waals surface area (Å²) < 4.78 is 0.555. The van der Waals surface area contributed by atoms with Gasteiger partial charge in [-0.05, 0) is 67.0 Å². The van der Waals surface area contributed by atoms with Crippen LogP contribution < -0.4 is 0 Å². The van der Waals surface area contributed by atoms with E-state index in [1.165, 1.54) is 43.4 Å². The molecule has 108 valence electrons. The molecule has 0 heterocycles. The maximum absolute atomic E-state index is 11.0. The van der Waals surface area contributed by atoms with Gasteiger partial charge in [0.2, 0.25) is 0 Å². The largest absolute Gasteiger partial charge is 0.276 e. The molecule has 0 radical (unpaired) electrons. The van der Waals surface area contributed by atoms with E-state index >= 15 is 0 Å². The van der Waals surface area contributed by atoms with E-state index in [-0.39, 0.29) is 5.24 Å². The Morgan fingerprint density at radius 2 is 1.90 bits per heavy atom. The molecule has 3 aliphatic carbocycles. The molecule has 0 aliphatic heterocycles. The fourth-order valence-corrected chi connectivity index (χ4v) is 7.00. The van der Waals surface area contributed by atoms with Gasteiger partial charge < -0.3 is 0 Å². The summed E-state index contributed by atoms with van der Waals surface area (Å²) in [6.07, 6.45) is 8.38. The van der Waals surface area contributed by atoms with Gasteiger partial charge in [-0.1, -0.05) is 41.4 Å². The Balaban J connectivity index is 1.47. The highest BCUT2D eigenvalue weighted by Crippen LogP contribution is 2.77. The summed E-state index contributed by atoms with van der Waals surface area (Å²) in [7, 11) is 3.88. The number of rotatable bonds is 7. The molecule has 1 aromatic rings. The third kappa shape index (κ3) is 2.77. The summed E-state index contributed by atoms with van der Waals surface area (Å²) in [4.78, 5) is 12.2. The first-order chi connectivity index (χ1) is 9.56. The van der Waals surface area contributed by atoms with Gasteiger partial charge in [-0.25, -0.2) is 0 Å². The Kier molecular flexibility index (Phi) is 4.13. The first-order valence-electron chi connectivity index (χ1n) is 7.22. The summed E-state index contributed by atoms with van der Waals surface area (Å²) in [5.74, 6) is 0. The Bertz CT molecular complexity index is 492. The topological polar surface area (TPSA) is 17.1 Å². The molecule has 3 aliphatic rings. The van der Waals surface area contributed by atoms with Crippen LogP contribution in [0.25, 0.3) is 0 Å². The lowest BCUT2D eigenvalue weighted by Crippen LogP contribution is -2.64. The second kappa shape index (κ2) is 5.58. The van der Waals surface area contributed by atoms with E-state index in [0.717, 1.165) is 5.41 Å². The lowest BCUT2D eigenvalue weighted by Gasteiger charge is -2.70. The Morgan fingerprint density at radius 1 is 1.25 bits per heavy atom. The molecule has 0 amide bonds. The summed E-state index contributed by atoms with van der Waals surface area (Å²) in [5, 5.41) is -0.383. The molecule has 0 aromatic heterocycles. The zero-order valence-corrected chi connectivity index (χ0v) is 14.0. The maximum Gasteiger partial charge on any atom is 0.252 e. The third-order valence-electron chi connectivity index (χ3n) is 4.55. The Labute approximate surface area is 133 Å². The second-order valence-corrected chi connectivity index (χ2v) is 9.30. The summed E-state index contributed by atoms with van der Waals surface area (Å²) in [5.41, 5.74) is 1.29. The van der Waals surface area contributed by atoms with E-state index in [2.05, 4.69) is 6.92 Å². The van der Waals surface area contributed by atoms with Crippen LogP contribution >= 0.6 is 33.2 Å². The highest BCUT2D eigenvalue weighted by molar-refractivity contribution is 8.77. The van der Waals surface area contributed by atoms with Crippen molar-refractivity contribution in [3.05, 3.63) is 29.8 Å². The average molecular weight is 327 g/mol. The monoisotopic (exact) mass is 326 g/mol. The van der Waals surface area contributed by atoms with Crippen molar-refractivity contribution < 1.29 is 4.79 Å². The van der Waals surface area contributed by atoms with Gasteiger partial charge in [0.05, 0.1) is 0 Å². The molecule has 3 saturated carbocycles. The summed E-state index contributed by atoms with van der Waals surface area (Å²) in [6.45, 7) is 2.28. The number of benzene rings is 1.